The molecular weight excluding hydrogens is 380 g/mol. The van der Waals surface area contributed by atoms with Crippen LogP contribution in [0.15, 0.2) is 91.0 Å². The molecule has 0 unspecified atom stereocenters. The molecule has 0 N–H and O–H groups in total. The van der Waals surface area contributed by atoms with Gasteiger partial charge < -0.3 is 4.43 Å². The first-order valence-electron chi connectivity index (χ1n) is 11.2. The quantitative estimate of drug-likeness (QED) is 0.408. The lowest BCUT2D eigenvalue weighted by Crippen LogP contribution is -2.70. The van der Waals surface area contributed by atoms with E-state index in [1.807, 2.05) is 0 Å². The van der Waals surface area contributed by atoms with E-state index < -0.39 is 8.32 Å². The lowest BCUT2D eigenvalue weighted by atomic mass is 9.64. The molecule has 0 heterocycles. The minimum atomic E-state index is -2.64. The van der Waals surface area contributed by atoms with Crippen LogP contribution in [0.5, 0.6) is 0 Å². The van der Waals surface area contributed by atoms with E-state index >= 15 is 0 Å². The second kappa shape index (κ2) is 8.17. The van der Waals surface area contributed by atoms with Crippen molar-refractivity contribution in [1.82, 2.24) is 0 Å². The summed E-state index contributed by atoms with van der Waals surface area (Å²) in [5.41, 5.74) is 0.577. The highest BCUT2D eigenvalue weighted by Gasteiger charge is 2.47. The van der Waals surface area contributed by atoms with Crippen LogP contribution in [-0.4, -0.2) is 14.4 Å². The number of rotatable bonds is 5. The second-order valence-corrected chi connectivity index (χ2v) is 13.8. The lowest BCUT2D eigenvalue weighted by Gasteiger charge is -2.48. The first kappa shape index (κ1) is 21.1. The third-order valence-electron chi connectivity index (χ3n) is 6.40. The molecule has 0 amide bonds. The predicted octanol–water partition coefficient (Wildman–Crippen LogP) is 5.28. The van der Waals surface area contributed by atoms with Crippen molar-refractivity contribution in [2.75, 3.05) is 0 Å². The summed E-state index contributed by atoms with van der Waals surface area (Å²) in [7, 11) is -2.64. The van der Waals surface area contributed by atoms with Gasteiger partial charge >= 0.3 is 0 Å². The molecule has 156 valence electrons. The normalized spacial score (nSPS) is 18.8. The van der Waals surface area contributed by atoms with E-state index in [0.717, 1.165) is 12.8 Å². The van der Waals surface area contributed by atoms with Crippen LogP contribution in [0.3, 0.4) is 0 Å². The van der Waals surface area contributed by atoms with Crippen LogP contribution in [0.4, 0.5) is 0 Å². The van der Waals surface area contributed by atoms with E-state index in [4.69, 9.17) is 4.43 Å². The van der Waals surface area contributed by atoms with Gasteiger partial charge in [0.05, 0.1) is 0 Å². The lowest BCUT2D eigenvalue weighted by molar-refractivity contribution is 0.0119. The summed E-state index contributed by atoms with van der Waals surface area (Å²) >= 11 is 0. The maximum absolute atomic E-state index is 7.45. The molecule has 0 spiro atoms. The fraction of sp³-hybridized carbons (Fsp3) is 0.357. The van der Waals surface area contributed by atoms with Gasteiger partial charge in [-0.25, -0.2) is 0 Å². The van der Waals surface area contributed by atoms with Gasteiger partial charge in [-0.2, -0.15) is 0 Å². The van der Waals surface area contributed by atoms with Crippen molar-refractivity contribution in [2.45, 2.75) is 53.1 Å². The summed E-state index contributed by atoms with van der Waals surface area (Å²) in [6, 6.07) is 32.8. The smallest absolute Gasteiger partial charge is 0.288 e. The monoisotopic (exact) mass is 414 g/mol. The Hall–Kier alpha value is -2.16. The fourth-order valence-electron chi connectivity index (χ4n) is 5.80. The molecule has 0 aliphatic heterocycles. The third-order valence-corrected chi connectivity index (χ3v) is 10.5. The molecule has 1 saturated carbocycles. The molecule has 0 radical (unpaired) electrons. The molecular formula is C28H34OSi. The van der Waals surface area contributed by atoms with E-state index in [9.17, 15) is 0 Å². The fourth-order valence-corrected chi connectivity index (χ4v) is 9.86. The molecule has 2 heteroatoms. The van der Waals surface area contributed by atoms with Gasteiger partial charge in [0, 0.05) is 6.10 Å². The molecule has 1 fully saturated rings. The summed E-state index contributed by atoms with van der Waals surface area (Å²) < 4.78 is 7.45. The average molecular weight is 415 g/mol. The minimum absolute atomic E-state index is 0.246. The molecule has 0 bridgehead atoms. The summed E-state index contributed by atoms with van der Waals surface area (Å²) in [5.74, 6) is 0. The maximum Gasteiger partial charge on any atom is 0.288 e. The minimum Gasteiger partial charge on any atom is -0.401 e. The Morgan fingerprint density at radius 2 is 0.933 bits per heavy atom. The molecule has 1 aliphatic rings. The average Bonchev–Trinajstić information content (AvgIpc) is 2.72. The second-order valence-electron chi connectivity index (χ2n) is 10.4. The van der Waals surface area contributed by atoms with Crippen LogP contribution in [0.1, 0.15) is 47.0 Å². The van der Waals surface area contributed by atoms with E-state index in [-0.39, 0.29) is 16.9 Å². The number of hydrogen-bond donors (Lipinski definition) is 0. The van der Waals surface area contributed by atoms with Gasteiger partial charge in [-0.05, 0) is 45.7 Å². The standard InChI is InChI=1S/C28H34OSi/c1-27(2)20-23(21-28(3,4)22-27)29-30(24-14-8-5-9-15-24,25-16-10-6-11-17-25)26-18-12-7-13-19-26/h5-19,23H,20-22H2,1-4H3. The molecule has 4 rings (SSSR count). The molecule has 3 aromatic carbocycles. The van der Waals surface area contributed by atoms with Crippen LogP contribution in [0.25, 0.3) is 0 Å². The zero-order valence-corrected chi connectivity index (χ0v) is 19.8. The predicted molar refractivity (Wildman–Crippen MR) is 130 cm³/mol. The van der Waals surface area contributed by atoms with Crippen molar-refractivity contribution in [3.8, 4) is 0 Å². The Kier molecular flexibility index (Phi) is 5.74. The van der Waals surface area contributed by atoms with E-state index in [2.05, 4.69) is 119 Å². The summed E-state index contributed by atoms with van der Waals surface area (Å²) in [5, 5.41) is 3.97. The molecule has 1 nitrogen and oxygen atoms in total. The molecule has 3 aromatic rings. The van der Waals surface area contributed by atoms with Crippen molar-refractivity contribution in [3.05, 3.63) is 91.0 Å². The van der Waals surface area contributed by atoms with Gasteiger partial charge in [-0.3, -0.25) is 0 Å². The first-order valence-corrected chi connectivity index (χ1v) is 13.1. The van der Waals surface area contributed by atoms with Crippen LogP contribution < -0.4 is 15.6 Å². The third kappa shape index (κ3) is 4.31. The molecule has 1 aliphatic carbocycles. The zero-order valence-electron chi connectivity index (χ0n) is 18.8. The van der Waals surface area contributed by atoms with Gasteiger partial charge in [0.15, 0.2) is 0 Å². The van der Waals surface area contributed by atoms with Gasteiger partial charge in [-0.1, -0.05) is 119 Å². The Labute approximate surface area is 183 Å². The van der Waals surface area contributed by atoms with Gasteiger partial charge in [0.1, 0.15) is 0 Å². The number of benzene rings is 3. The number of hydrogen-bond acceptors (Lipinski definition) is 1. The highest BCUT2D eigenvalue weighted by atomic mass is 28.4. The SMILES string of the molecule is CC1(C)CC(O[Si](c2ccccc2)(c2ccccc2)c2ccccc2)CC(C)(C)C1. The van der Waals surface area contributed by atoms with Gasteiger partial charge in [0.25, 0.3) is 8.32 Å². The van der Waals surface area contributed by atoms with Crippen LogP contribution in [0, 0.1) is 10.8 Å². The van der Waals surface area contributed by atoms with Crippen molar-refractivity contribution in [2.24, 2.45) is 10.8 Å². The van der Waals surface area contributed by atoms with Crippen molar-refractivity contribution in [1.29, 1.82) is 0 Å². The van der Waals surface area contributed by atoms with Crippen molar-refractivity contribution < 1.29 is 4.43 Å². The van der Waals surface area contributed by atoms with E-state index in [1.165, 1.54) is 22.0 Å². The molecule has 30 heavy (non-hydrogen) atoms. The van der Waals surface area contributed by atoms with Crippen molar-refractivity contribution in [3.63, 3.8) is 0 Å². The topological polar surface area (TPSA) is 9.23 Å². The maximum atomic E-state index is 7.45. The zero-order chi connectivity index (χ0) is 21.2. The van der Waals surface area contributed by atoms with E-state index in [0.29, 0.717) is 0 Å². The molecule has 0 saturated heterocycles. The highest BCUT2D eigenvalue weighted by Crippen LogP contribution is 2.47. The highest BCUT2D eigenvalue weighted by molar-refractivity contribution is 7.07. The summed E-state index contributed by atoms with van der Waals surface area (Å²) in [4.78, 5) is 0. The Balaban J connectivity index is 1.89. The van der Waals surface area contributed by atoms with Crippen LogP contribution in [-0.2, 0) is 4.43 Å². The van der Waals surface area contributed by atoms with Crippen LogP contribution in [0.2, 0.25) is 0 Å². The first-order chi connectivity index (χ1) is 14.3. The van der Waals surface area contributed by atoms with Crippen LogP contribution >= 0.6 is 0 Å². The van der Waals surface area contributed by atoms with Crippen molar-refractivity contribution >= 4 is 23.9 Å². The largest absolute Gasteiger partial charge is 0.401 e. The Morgan fingerprint density at radius 1 is 0.600 bits per heavy atom. The van der Waals surface area contributed by atoms with Gasteiger partial charge in [-0.15, -0.1) is 0 Å². The van der Waals surface area contributed by atoms with Gasteiger partial charge in [0.2, 0.25) is 0 Å². The Morgan fingerprint density at radius 3 is 1.27 bits per heavy atom. The summed E-state index contributed by atoms with van der Waals surface area (Å²) in [6.07, 6.45) is 3.71. The van der Waals surface area contributed by atoms with E-state index in [1.54, 1.807) is 0 Å². The molecule has 0 aromatic heterocycles. The Bertz CT molecular complexity index is 835. The summed E-state index contributed by atoms with van der Waals surface area (Å²) in [6.45, 7) is 9.62. The molecule has 0 atom stereocenters.